The standard InChI is InChI=1S/C10H12Br/c1-2-3-6-9-7-4-5-8-10(9)11/h4-5,8H,2-3,6H2,1H3. The van der Waals surface area contributed by atoms with E-state index in [1.165, 1.54) is 22.9 Å². The van der Waals surface area contributed by atoms with Gasteiger partial charge in [-0.15, -0.1) is 0 Å². The molecule has 11 heavy (non-hydrogen) atoms. The van der Waals surface area contributed by atoms with Crippen LogP contribution in [0.5, 0.6) is 0 Å². The molecule has 1 aromatic carbocycles. The van der Waals surface area contributed by atoms with E-state index >= 15 is 0 Å². The van der Waals surface area contributed by atoms with Crippen LogP contribution in [0.1, 0.15) is 25.3 Å². The quantitative estimate of drug-likeness (QED) is 0.718. The van der Waals surface area contributed by atoms with Crippen LogP contribution < -0.4 is 0 Å². The van der Waals surface area contributed by atoms with Crippen LogP contribution in [0.4, 0.5) is 0 Å². The second-order valence-electron chi connectivity index (χ2n) is 2.60. The first-order valence-electron chi connectivity index (χ1n) is 3.99. The van der Waals surface area contributed by atoms with Gasteiger partial charge in [0.1, 0.15) is 0 Å². The van der Waals surface area contributed by atoms with E-state index in [-0.39, 0.29) is 0 Å². The van der Waals surface area contributed by atoms with Crippen LogP contribution in [0.2, 0.25) is 0 Å². The van der Waals surface area contributed by atoms with Crippen LogP contribution in [0.15, 0.2) is 22.7 Å². The molecule has 0 heterocycles. The molecule has 0 saturated heterocycles. The summed E-state index contributed by atoms with van der Waals surface area (Å²) >= 11 is 3.50. The van der Waals surface area contributed by atoms with Crippen molar-refractivity contribution >= 4 is 15.9 Å². The van der Waals surface area contributed by atoms with Crippen LogP contribution in [0.3, 0.4) is 0 Å². The molecule has 1 rings (SSSR count). The lowest BCUT2D eigenvalue weighted by atomic mass is 10.1. The van der Waals surface area contributed by atoms with Gasteiger partial charge >= 0.3 is 0 Å². The lowest BCUT2D eigenvalue weighted by Crippen LogP contribution is -1.85. The first kappa shape index (κ1) is 8.79. The molecule has 1 heteroatoms. The fourth-order valence-corrected chi connectivity index (χ4v) is 1.46. The van der Waals surface area contributed by atoms with Crippen molar-refractivity contribution in [2.75, 3.05) is 0 Å². The molecule has 0 aliphatic rings. The van der Waals surface area contributed by atoms with Crippen molar-refractivity contribution in [1.29, 1.82) is 0 Å². The van der Waals surface area contributed by atoms with Crippen molar-refractivity contribution in [1.82, 2.24) is 0 Å². The molecular weight excluding hydrogens is 200 g/mol. The minimum Gasteiger partial charge on any atom is -0.0654 e. The molecule has 0 nitrogen and oxygen atoms in total. The predicted molar refractivity (Wildman–Crippen MR) is 51.6 cm³/mol. The van der Waals surface area contributed by atoms with Gasteiger partial charge in [-0.2, -0.15) is 0 Å². The molecule has 0 unspecified atom stereocenters. The zero-order valence-corrected chi connectivity index (χ0v) is 8.32. The maximum Gasteiger partial charge on any atom is 0.0213 e. The average molecular weight is 212 g/mol. The zero-order valence-electron chi connectivity index (χ0n) is 6.73. The second-order valence-corrected chi connectivity index (χ2v) is 3.45. The molecule has 0 atom stereocenters. The first-order valence-corrected chi connectivity index (χ1v) is 4.79. The minimum atomic E-state index is 1.14. The smallest absolute Gasteiger partial charge is 0.0213 e. The SMILES string of the molecule is CCCCc1[c]cccc1Br. The van der Waals surface area contributed by atoms with Crippen molar-refractivity contribution in [3.8, 4) is 0 Å². The van der Waals surface area contributed by atoms with E-state index in [1.807, 2.05) is 12.1 Å². The Balaban J connectivity index is 2.62. The Morgan fingerprint density at radius 3 is 3.00 bits per heavy atom. The number of halogens is 1. The lowest BCUT2D eigenvalue weighted by molar-refractivity contribution is 0.792. The van der Waals surface area contributed by atoms with Gasteiger partial charge in [0.2, 0.25) is 0 Å². The highest BCUT2D eigenvalue weighted by atomic mass is 79.9. The Hall–Kier alpha value is -0.300. The molecule has 0 spiro atoms. The van der Waals surface area contributed by atoms with Gasteiger partial charge in [0, 0.05) is 4.47 Å². The molecule has 1 radical (unpaired) electrons. The van der Waals surface area contributed by atoms with Crippen LogP contribution in [0, 0.1) is 6.07 Å². The van der Waals surface area contributed by atoms with Gasteiger partial charge in [-0.25, -0.2) is 0 Å². The summed E-state index contributed by atoms with van der Waals surface area (Å²) in [6, 6.07) is 9.26. The van der Waals surface area contributed by atoms with Gasteiger partial charge in [-0.1, -0.05) is 41.4 Å². The fraction of sp³-hybridized carbons (Fsp3) is 0.400. The molecule has 59 valence electrons. The third kappa shape index (κ3) is 2.66. The molecule has 0 amide bonds. The molecule has 0 saturated carbocycles. The molecule has 0 bridgehead atoms. The van der Waals surface area contributed by atoms with E-state index in [0.29, 0.717) is 0 Å². The molecule has 0 aliphatic heterocycles. The van der Waals surface area contributed by atoms with E-state index < -0.39 is 0 Å². The topological polar surface area (TPSA) is 0 Å². The average Bonchev–Trinajstić information content (AvgIpc) is 2.03. The predicted octanol–water partition coefficient (Wildman–Crippen LogP) is 3.59. The summed E-state index contributed by atoms with van der Waals surface area (Å²) in [7, 11) is 0. The Kier molecular flexibility index (Phi) is 3.64. The Labute approximate surface area is 76.8 Å². The van der Waals surface area contributed by atoms with Crippen LogP contribution >= 0.6 is 15.9 Å². The number of hydrogen-bond donors (Lipinski definition) is 0. The van der Waals surface area contributed by atoms with E-state index in [0.717, 1.165) is 6.42 Å². The molecular formula is C10H12Br. The number of unbranched alkanes of at least 4 members (excludes halogenated alkanes) is 1. The minimum absolute atomic E-state index is 1.14. The highest BCUT2D eigenvalue weighted by Gasteiger charge is 1.96. The fourth-order valence-electron chi connectivity index (χ4n) is 0.996. The van der Waals surface area contributed by atoms with Crippen LogP contribution in [-0.2, 0) is 6.42 Å². The molecule has 1 aromatic rings. The zero-order chi connectivity index (χ0) is 8.10. The van der Waals surface area contributed by atoms with Gasteiger partial charge in [-0.3, -0.25) is 0 Å². The summed E-state index contributed by atoms with van der Waals surface area (Å²) in [4.78, 5) is 0. The van der Waals surface area contributed by atoms with Crippen LogP contribution in [-0.4, -0.2) is 0 Å². The van der Waals surface area contributed by atoms with Crippen molar-refractivity contribution in [3.63, 3.8) is 0 Å². The normalized spacial score (nSPS) is 10.0. The highest BCUT2D eigenvalue weighted by molar-refractivity contribution is 9.10. The Morgan fingerprint density at radius 1 is 1.55 bits per heavy atom. The molecule has 0 fully saturated rings. The van der Waals surface area contributed by atoms with Crippen molar-refractivity contribution < 1.29 is 0 Å². The summed E-state index contributed by atoms with van der Waals surface area (Å²) in [6.07, 6.45) is 3.63. The van der Waals surface area contributed by atoms with Gasteiger partial charge in [-0.05, 0) is 30.5 Å². The first-order chi connectivity index (χ1) is 5.34. The van der Waals surface area contributed by atoms with Crippen LogP contribution in [0.25, 0.3) is 0 Å². The Morgan fingerprint density at radius 2 is 2.36 bits per heavy atom. The molecule has 0 aliphatic carbocycles. The third-order valence-corrected chi connectivity index (χ3v) is 2.41. The van der Waals surface area contributed by atoms with Gasteiger partial charge in [0.05, 0.1) is 0 Å². The van der Waals surface area contributed by atoms with Crippen molar-refractivity contribution in [2.24, 2.45) is 0 Å². The lowest BCUT2D eigenvalue weighted by Gasteiger charge is -2.00. The summed E-state index contributed by atoms with van der Waals surface area (Å²) in [5.74, 6) is 0. The highest BCUT2D eigenvalue weighted by Crippen LogP contribution is 2.17. The van der Waals surface area contributed by atoms with Gasteiger partial charge in [0.15, 0.2) is 0 Å². The van der Waals surface area contributed by atoms with Gasteiger partial charge in [0.25, 0.3) is 0 Å². The van der Waals surface area contributed by atoms with Crippen molar-refractivity contribution in [2.45, 2.75) is 26.2 Å². The van der Waals surface area contributed by atoms with E-state index in [1.54, 1.807) is 0 Å². The summed E-state index contributed by atoms with van der Waals surface area (Å²) in [5, 5.41) is 0. The monoisotopic (exact) mass is 211 g/mol. The number of aryl methyl sites for hydroxylation is 1. The molecule has 0 N–H and O–H groups in total. The van der Waals surface area contributed by atoms with Crippen molar-refractivity contribution in [3.05, 3.63) is 34.3 Å². The summed E-state index contributed by atoms with van der Waals surface area (Å²) in [6.45, 7) is 2.21. The third-order valence-electron chi connectivity index (χ3n) is 1.66. The van der Waals surface area contributed by atoms with E-state index in [2.05, 4.69) is 35.0 Å². The number of benzene rings is 1. The number of rotatable bonds is 3. The largest absolute Gasteiger partial charge is 0.0654 e. The maximum atomic E-state index is 3.50. The number of hydrogen-bond acceptors (Lipinski definition) is 0. The van der Waals surface area contributed by atoms with Gasteiger partial charge < -0.3 is 0 Å². The van der Waals surface area contributed by atoms with E-state index in [4.69, 9.17) is 0 Å². The Bertz CT molecular complexity index is 218. The summed E-state index contributed by atoms with van der Waals surface area (Å²) in [5.41, 5.74) is 1.30. The maximum absolute atomic E-state index is 3.50. The summed E-state index contributed by atoms with van der Waals surface area (Å²) < 4.78 is 1.19. The molecule has 0 aromatic heterocycles. The van der Waals surface area contributed by atoms with E-state index in [9.17, 15) is 0 Å². The second kappa shape index (κ2) is 4.55.